The lowest BCUT2D eigenvalue weighted by molar-refractivity contribution is -0.146. The van der Waals surface area contributed by atoms with Crippen LogP contribution in [-0.4, -0.2) is 84.5 Å². The topological polar surface area (TPSA) is 142 Å². The second kappa shape index (κ2) is 14.0. The lowest BCUT2D eigenvalue weighted by Gasteiger charge is -2.32. The van der Waals surface area contributed by atoms with Gasteiger partial charge in [0.1, 0.15) is 5.75 Å². The van der Waals surface area contributed by atoms with Gasteiger partial charge in [-0.25, -0.2) is 0 Å². The molecule has 0 bridgehead atoms. The predicted molar refractivity (Wildman–Crippen MR) is 195 cm³/mol. The third-order valence-corrected chi connectivity index (χ3v) is 13.3. The van der Waals surface area contributed by atoms with Crippen molar-refractivity contribution >= 4 is 31.5 Å². The SMILES string of the molecule is COc1ccc2c(c1)[C@]1(O[C@@H](CCn3cc(C(CO)c4ccccc4)nn3)[C@H]([Si](C)(C)O)[C@H]1C)C(=O)N2Cc1ccc(N2CCNCC2=O)cc1. The summed E-state index contributed by atoms with van der Waals surface area (Å²) in [6.45, 7) is 8.20. The molecule has 2 fully saturated rings. The molecule has 3 aliphatic rings. The van der Waals surface area contributed by atoms with Crippen molar-refractivity contribution in [2.45, 2.75) is 62.7 Å². The number of aliphatic hydroxyl groups excluding tert-OH is 1. The fourth-order valence-corrected chi connectivity index (χ4v) is 11.0. The summed E-state index contributed by atoms with van der Waals surface area (Å²) in [5.74, 6) is -0.136. The lowest BCUT2D eigenvalue weighted by atomic mass is 9.82. The summed E-state index contributed by atoms with van der Waals surface area (Å²) in [4.78, 5) is 42.6. The van der Waals surface area contributed by atoms with E-state index in [0.29, 0.717) is 44.0 Å². The summed E-state index contributed by atoms with van der Waals surface area (Å²) < 4.78 is 14.4. The number of aryl methyl sites for hydroxylation is 1. The molecule has 1 spiro atoms. The van der Waals surface area contributed by atoms with E-state index in [-0.39, 0.29) is 35.8 Å². The molecule has 0 radical (unpaired) electrons. The van der Waals surface area contributed by atoms with Gasteiger partial charge < -0.3 is 34.5 Å². The smallest absolute Gasteiger partial charge is 0.264 e. The fraction of sp³-hybridized carbons (Fsp3) is 0.421. The van der Waals surface area contributed by atoms with Crippen LogP contribution in [0.5, 0.6) is 5.75 Å². The minimum absolute atomic E-state index is 0.0335. The zero-order chi connectivity index (χ0) is 35.9. The lowest BCUT2D eigenvalue weighted by Crippen LogP contribution is -2.48. The second-order valence-electron chi connectivity index (χ2n) is 14.4. The van der Waals surface area contributed by atoms with E-state index < -0.39 is 20.0 Å². The van der Waals surface area contributed by atoms with Crippen molar-refractivity contribution in [3.8, 4) is 5.75 Å². The predicted octanol–water partition coefficient (Wildman–Crippen LogP) is 3.78. The monoisotopic (exact) mass is 710 g/mol. The molecule has 5 atom stereocenters. The molecule has 2 saturated heterocycles. The Balaban J connectivity index is 1.16. The molecule has 4 heterocycles. The highest BCUT2D eigenvalue weighted by Gasteiger charge is 2.66. The van der Waals surface area contributed by atoms with Crippen LogP contribution in [0.1, 0.15) is 41.6 Å². The molecule has 268 valence electrons. The van der Waals surface area contributed by atoms with E-state index in [9.17, 15) is 19.5 Å². The van der Waals surface area contributed by atoms with Crippen LogP contribution >= 0.6 is 0 Å². The summed E-state index contributed by atoms with van der Waals surface area (Å²) >= 11 is 0. The van der Waals surface area contributed by atoms with Crippen LogP contribution < -0.4 is 19.9 Å². The average molecular weight is 711 g/mol. The number of nitrogens with one attached hydrogen (secondary N) is 1. The standard InChI is InChI=1S/C38H46N6O6Si/c1-25-36(51(3,4)48)34(16-18-42-23-32(40-41-42)30(24-45)27-8-6-5-7-9-27)50-38(25)31-20-29(49-2)14-15-33(31)44(37(38)47)22-26-10-12-28(13-11-26)43-19-17-39-21-35(43)46/h5-15,20,23,25,30,34,36,39,45,48H,16-19,21-22,24H2,1-4H3/t25-,30?,34+,36-,38+/m1/s1. The number of piperazine rings is 1. The minimum Gasteiger partial charge on any atom is -0.497 e. The van der Waals surface area contributed by atoms with Crippen LogP contribution in [-0.2, 0) is 33.0 Å². The van der Waals surface area contributed by atoms with Gasteiger partial charge in [-0.3, -0.25) is 14.3 Å². The van der Waals surface area contributed by atoms with Crippen molar-refractivity contribution in [3.63, 3.8) is 0 Å². The Morgan fingerprint density at radius 2 is 1.86 bits per heavy atom. The summed E-state index contributed by atoms with van der Waals surface area (Å²) in [5, 5.41) is 22.0. The molecule has 7 rings (SSSR count). The number of anilines is 2. The minimum atomic E-state index is -2.88. The first-order chi connectivity index (χ1) is 24.5. The van der Waals surface area contributed by atoms with Crippen LogP contribution in [0.25, 0.3) is 0 Å². The molecular formula is C38H46N6O6Si. The Morgan fingerprint density at radius 3 is 2.55 bits per heavy atom. The van der Waals surface area contributed by atoms with E-state index in [1.807, 2.05) is 99.0 Å². The second-order valence-corrected chi connectivity index (χ2v) is 18.3. The fourth-order valence-electron chi connectivity index (χ4n) is 8.35. The summed E-state index contributed by atoms with van der Waals surface area (Å²) in [6.07, 6.45) is 1.93. The number of hydrogen-bond donors (Lipinski definition) is 3. The normalized spacial score (nSPS) is 24.0. The van der Waals surface area contributed by atoms with E-state index in [4.69, 9.17) is 9.47 Å². The van der Waals surface area contributed by atoms with Crippen LogP contribution in [0.2, 0.25) is 18.6 Å². The van der Waals surface area contributed by atoms with E-state index in [2.05, 4.69) is 15.6 Å². The van der Waals surface area contributed by atoms with Gasteiger partial charge in [0, 0.05) is 48.5 Å². The van der Waals surface area contributed by atoms with E-state index in [1.54, 1.807) is 21.6 Å². The number of nitrogens with zero attached hydrogens (tertiary/aromatic N) is 5. The van der Waals surface area contributed by atoms with Gasteiger partial charge in [0.15, 0.2) is 13.9 Å². The number of ether oxygens (including phenoxy) is 2. The number of carbonyl (C=O) groups excluding carboxylic acids is 2. The van der Waals surface area contributed by atoms with Crippen LogP contribution in [0.4, 0.5) is 11.4 Å². The number of rotatable bonds is 11. The van der Waals surface area contributed by atoms with Gasteiger partial charge in [-0.2, -0.15) is 0 Å². The number of methoxy groups -OCH3 is 1. The van der Waals surface area contributed by atoms with Crippen molar-refractivity contribution in [2.24, 2.45) is 5.92 Å². The molecule has 3 N–H and O–H groups in total. The van der Waals surface area contributed by atoms with Crippen LogP contribution in [0.15, 0.2) is 79.0 Å². The van der Waals surface area contributed by atoms with Crippen molar-refractivity contribution in [2.75, 3.05) is 43.2 Å². The van der Waals surface area contributed by atoms with Gasteiger partial charge >= 0.3 is 0 Å². The van der Waals surface area contributed by atoms with Crippen LogP contribution in [0, 0.1) is 5.92 Å². The number of amides is 2. The maximum Gasteiger partial charge on any atom is 0.264 e. The molecule has 4 aromatic rings. The highest BCUT2D eigenvalue weighted by molar-refractivity contribution is 6.71. The third-order valence-electron chi connectivity index (χ3n) is 10.8. The molecule has 0 aliphatic carbocycles. The van der Waals surface area contributed by atoms with E-state index in [0.717, 1.165) is 34.6 Å². The van der Waals surface area contributed by atoms with Gasteiger partial charge in [0.2, 0.25) is 5.91 Å². The maximum atomic E-state index is 14.9. The van der Waals surface area contributed by atoms with Gasteiger partial charge in [-0.05, 0) is 61.0 Å². The number of fused-ring (bicyclic) bond motifs is 2. The Bertz CT molecular complexity index is 1880. The number of hydrogen-bond acceptors (Lipinski definition) is 9. The van der Waals surface area contributed by atoms with Gasteiger partial charge in [0.05, 0.1) is 50.2 Å². The van der Waals surface area contributed by atoms with Crippen molar-refractivity contribution in [1.29, 1.82) is 0 Å². The first-order valence-electron chi connectivity index (χ1n) is 17.6. The van der Waals surface area contributed by atoms with Gasteiger partial charge in [-0.1, -0.05) is 54.6 Å². The molecule has 0 saturated carbocycles. The largest absolute Gasteiger partial charge is 0.497 e. The van der Waals surface area contributed by atoms with Gasteiger partial charge in [-0.15, -0.1) is 5.10 Å². The van der Waals surface area contributed by atoms with Crippen molar-refractivity contribution in [3.05, 3.63) is 101 Å². The quantitative estimate of drug-likeness (QED) is 0.198. The van der Waals surface area contributed by atoms with Crippen molar-refractivity contribution < 1.29 is 29.0 Å². The summed E-state index contributed by atoms with van der Waals surface area (Å²) in [6, 6.07) is 23.2. The molecule has 3 aromatic carbocycles. The zero-order valence-corrected chi connectivity index (χ0v) is 30.5. The Morgan fingerprint density at radius 1 is 1.10 bits per heavy atom. The maximum absolute atomic E-state index is 14.9. The molecule has 3 aliphatic heterocycles. The molecule has 2 amide bonds. The Labute approximate surface area is 299 Å². The number of carbonyl (C=O) groups is 2. The summed E-state index contributed by atoms with van der Waals surface area (Å²) in [7, 11) is -1.28. The first kappa shape index (κ1) is 35.0. The highest BCUT2D eigenvalue weighted by Crippen LogP contribution is 2.60. The average Bonchev–Trinajstić information content (AvgIpc) is 3.78. The molecule has 13 heteroatoms. The number of aromatic nitrogens is 3. The van der Waals surface area contributed by atoms with E-state index in [1.165, 1.54) is 0 Å². The molecule has 51 heavy (non-hydrogen) atoms. The first-order valence-corrected chi connectivity index (χ1v) is 20.6. The third kappa shape index (κ3) is 6.37. The Kier molecular flexibility index (Phi) is 9.59. The number of benzene rings is 3. The highest BCUT2D eigenvalue weighted by atomic mass is 28.4. The summed E-state index contributed by atoms with van der Waals surface area (Å²) in [5.41, 5.74) is 3.30. The van der Waals surface area contributed by atoms with Crippen molar-refractivity contribution in [1.82, 2.24) is 20.3 Å². The molecule has 1 aromatic heterocycles. The van der Waals surface area contributed by atoms with E-state index >= 15 is 0 Å². The number of aliphatic hydroxyl groups is 1. The zero-order valence-electron chi connectivity index (χ0n) is 29.5. The van der Waals surface area contributed by atoms with Gasteiger partial charge in [0.25, 0.3) is 5.91 Å². The van der Waals surface area contributed by atoms with Crippen LogP contribution in [0.3, 0.4) is 0 Å². The molecule has 1 unspecified atom stereocenters. The molecule has 12 nitrogen and oxygen atoms in total. The Hall–Kier alpha value is -4.40. The molecular weight excluding hydrogens is 665 g/mol.